The van der Waals surface area contributed by atoms with E-state index in [1.54, 1.807) is 6.07 Å². The van der Waals surface area contributed by atoms with E-state index in [0.29, 0.717) is 23.1 Å². The van der Waals surface area contributed by atoms with Crippen molar-refractivity contribution >= 4 is 33.9 Å². The van der Waals surface area contributed by atoms with Crippen molar-refractivity contribution < 1.29 is 4.92 Å². The SMILES string of the molecule is O=[N+]([O-])c1c(Cl)nc2ccccc2c1NCc1ccccc1CN1CCCC1. The number of fused-ring (bicyclic) bond motifs is 1. The first-order valence-corrected chi connectivity index (χ1v) is 9.77. The van der Waals surface area contributed by atoms with Gasteiger partial charge in [0.25, 0.3) is 0 Å². The lowest BCUT2D eigenvalue weighted by atomic mass is 10.1. The van der Waals surface area contributed by atoms with Crippen molar-refractivity contribution in [2.24, 2.45) is 0 Å². The van der Waals surface area contributed by atoms with Gasteiger partial charge in [-0.3, -0.25) is 15.0 Å². The van der Waals surface area contributed by atoms with Gasteiger partial charge in [0.2, 0.25) is 5.15 Å². The number of pyridine rings is 1. The molecule has 1 N–H and O–H groups in total. The van der Waals surface area contributed by atoms with Crippen LogP contribution in [0.15, 0.2) is 48.5 Å². The van der Waals surface area contributed by atoms with Crippen molar-refractivity contribution in [2.75, 3.05) is 18.4 Å². The summed E-state index contributed by atoms with van der Waals surface area (Å²) in [5.74, 6) is 0. The molecule has 0 atom stereocenters. The summed E-state index contributed by atoms with van der Waals surface area (Å²) in [5, 5.41) is 15.5. The standard InChI is InChI=1S/C21H21ClN4O2/c22-21-20(26(27)28)19(17-9-3-4-10-18(17)24-21)23-13-15-7-1-2-8-16(15)14-25-11-5-6-12-25/h1-4,7-10H,5-6,11-14H2,(H,23,24). The van der Waals surface area contributed by atoms with Crippen molar-refractivity contribution in [1.29, 1.82) is 0 Å². The predicted octanol–water partition coefficient (Wildman–Crippen LogP) is 5.00. The quantitative estimate of drug-likeness (QED) is 0.360. The Morgan fingerprint density at radius 3 is 2.50 bits per heavy atom. The maximum absolute atomic E-state index is 11.6. The Morgan fingerprint density at radius 1 is 1.07 bits per heavy atom. The molecule has 144 valence electrons. The second-order valence-corrected chi connectivity index (χ2v) is 7.36. The van der Waals surface area contributed by atoms with Crippen LogP contribution in [0, 0.1) is 10.1 Å². The molecule has 4 rings (SSSR count). The number of nitrogens with one attached hydrogen (secondary N) is 1. The molecule has 0 bridgehead atoms. The Labute approximate surface area is 168 Å². The second kappa shape index (κ2) is 8.12. The largest absolute Gasteiger partial charge is 0.375 e. The molecule has 2 aromatic carbocycles. The summed E-state index contributed by atoms with van der Waals surface area (Å²) < 4.78 is 0. The fraction of sp³-hybridized carbons (Fsp3) is 0.286. The van der Waals surface area contributed by atoms with E-state index >= 15 is 0 Å². The maximum atomic E-state index is 11.6. The molecule has 6 nitrogen and oxygen atoms in total. The van der Waals surface area contributed by atoms with Crippen LogP contribution in [0.5, 0.6) is 0 Å². The minimum absolute atomic E-state index is 0.100. The van der Waals surface area contributed by atoms with Crippen LogP contribution in [0.1, 0.15) is 24.0 Å². The molecule has 28 heavy (non-hydrogen) atoms. The first-order valence-electron chi connectivity index (χ1n) is 9.39. The third-order valence-corrected chi connectivity index (χ3v) is 5.44. The number of hydrogen-bond acceptors (Lipinski definition) is 5. The van der Waals surface area contributed by atoms with E-state index in [-0.39, 0.29) is 10.8 Å². The molecular weight excluding hydrogens is 376 g/mol. The first kappa shape index (κ1) is 18.7. The number of hydrogen-bond donors (Lipinski definition) is 1. The van der Waals surface area contributed by atoms with Gasteiger partial charge >= 0.3 is 5.69 Å². The van der Waals surface area contributed by atoms with Gasteiger partial charge in [0.1, 0.15) is 5.69 Å². The van der Waals surface area contributed by atoms with E-state index in [2.05, 4.69) is 27.3 Å². The lowest BCUT2D eigenvalue weighted by molar-refractivity contribution is -0.384. The topological polar surface area (TPSA) is 71.3 Å². The number of nitrogens with zero attached hydrogens (tertiary/aromatic N) is 3. The molecule has 7 heteroatoms. The molecule has 1 aliphatic heterocycles. The third kappa shape index (κ3) is 3.79. The van der Waals surface area contributed by atoms with Gasteiger partial charge in [-0.25, -0.2) is 4.98 Å². The summed E-state index contributed by atoms with van der Waals surface area (Å²) in [4.78, 5) is 17.8. The van der Waals surface area contributed by atoms with Gasteiger partial charge in [-0.2, -0.15) is 0 Å². The van der Waals surface area contributed by atoms with Gasteiger partial charge in [0.05, 0.1) is 10.4 Å². The minimum atomic E-state index is -0.472. The second-order valence-electron chi connectivity index (χ2n) is 7.01. The lowest BCUT2D eigenvalue weighted by Gasteiger charge is -2.18. The van der Waals surface area contributed by atoms with Crippen LogP contribution in [-0.2, 0) is 13.1 Å². The molecule has 2 heterocycles. The van der Waals surface area contributed by atoms with Crippen molar-refractivity contribution in [3.05, 3.63) is 74.9 Å². The maximum Gasteiger partial charge on any atom is 0.329 e. The average Bonchev–Trinajstić information content (AvgIpc) is 3.19. The molecule has 0 spiro atoms. The summed E-state index contributed by atoms with van der Waals surface area (Å²) in [7, 11) is 0. The van der Waals surface area contributed by atoms with E-state index < -0.39 is 4.92 Å². The number of rotatable bonds is 6. The fourth-order valence-corrected chi connectivity index (χ4v) is 4.02. The van der Waals surface area contributed by atoms with Crippen LogP contribution in [0.4, 0.5) is 11.4 Å². The highest BCUT2D eigenvalue weighted by Gasteiger charge is 2.24. The Hall–Kier alpha value is -2.70. The minimum Gasteiger partial charge on any atom is -0.375 e. The molecule has 1 fully saturated rings. The van der Waals surface area contributed by atoms with Gasteiger partial charge in [0, 0.05) is 18.5 Å². The molecule has 0 amide bonds. The smallest absolute Gasteiger partial charge is 0.329 e. The molecule has 0 radical (unpaired) electrons. The Kier molecular flexibility index (Phi) is 5.41. The first-order chi connectivity index (χ1) is 13.6. The van der Waals surface area contributed by atoms with Crippen LogP contribution >= 0.6 is 11.6 Å². The van der Waals surface area contributed by atoms with E-state index in [9.17, 15) is 10.1 Å². The van der Waals surface area contributed by atoms with Gasteiger partial charge < -0.3 is 5.32 Å². The molecular formula is C21H21ClN4O2. The number of likely N-dealkylation sites (tertiary alicyclic amines) is 1. The van der Waals surface area contributed by atoms with Crippen LogP contribution in [0.3, 0.4) is 0 Å². The molecule has 0 unspecified atom stereocenters. The van der Waals surface area contributed by atoms with Gasteiger partial charge in [-0.05, 0) is 43.1 Å². The highest BCUT2D eigenvalue weighted by atomic mass is 35.5. The van der Waals surface area contributed by atoms with E-state index in [4.69, 9.17) is 11.6 Å². The van der Waals surface area contributed by atoms with Gasteiger partial charge in [0.15, 0.2) is 0 Å². The Balaban J connectivity index is 1.66. The summed E-state index contributed by atoms with van der Waals surface area (Å²) >= 11 is 6.13. The molecule has 0 aliphatic carbocycles. The van der Waals surface area contributed by atoms with Crippen molar-refractivity contribution in [3.63, 3.8) is 0 Å². The predicted molar refractivity (Wildman–Crippen MR) is 112 cm³/mol. The third-order valence-electron chi connectivity index (χ3n) is 5.17. The highest BCUT2D eigenvalue weighted by molar-refractivity contribution is 6.33. The number of benzene rings is 2. The molecule has 1 saturated heterocycles. The Bertz CT molecular complexity index is 1020. The Morgan fingerprint density at radius 2 is 1.75 bits per heavy atom. The summed E-state index contributed by atoms with van der Waals surface area (Å²) in [6.45, 7) is 3.63. The average molecular weight is 397 g/mol. The lowest BCUT2D eigenvalue weighted by Crippen LogP contribution is -2.19. The number of anilines is 1. The van der Waals surface area contributed by atoms with Crippen LogP contribution in [0.2, 0.25) is 5.15 Å². The van der Waals surface area contributed by atoms with Crippen LogP contribution in [-0.4, -0.2) is 27.9 Å². The summed E-state index contributed by atoms with van der Waals surface area (Å²) in [6.07, 6.45) is 2.49. The molecule has 3 aromatic rings. The van der Waals surface area contributed by atoms with Crippen molar-refractivity contribution in [1.82, 2.24) is 9.88 Å². The molecule has 1 aromatic heterocycles. The zero-order chi connectivity index (χ0) is 19.5. The number of aromatic nitrogens is 1. The monoisotopic (exact) mass is 396 g/mol. The van der Waals surface area contributed by atoms with Crippen molar-refractivity contribution in [2.45, 2.75) is 25.9 Å². The number of para-hydroxylation sites is 1. The van der Waals surface area contributed by atoms with Crippen molar-refractivity contribution in [3.8, 4) is 0 Å². The van der Waals surface area contributed by atoms with Crippen LogP contribution in [0.25, 0.3) is 10.9 Å². The number of halogens is 1. The van der Waals surface area contributed by atoms with E-state index in [0.717, 1.165) is 25.2 Å². The number of nitro groups is 1. The van der Waals surface area contributed by atoms with Crippen LogP contribution < -0.4 is 5.32 Å². The normalized spacial score (nSPS) is 14.5. The highest BCUT2D eigenvalue weighted by Crippen LogP contribution is 2.37. The zero-order valence-corrected chi connectivity index (χ0v) is 16.2. The summed E-state index contributed by atoms with van der Waals surface area (Å²) in [6, 6.07) is 15.5. The van der Waals surface area contributed by atoms with E-state index in [1.807, 2.05) is 30.3 Å². The van der Waals surface area contributed by atoms with Gasteiger partial charge in [-0.15, -0.1) is 0 Å². The molecule has 1 aliphatic rings. The van der Waals surface area contributed by atoms with E-state index in [1.165, 1.54) is 18.4 Å². The zero-order valence-electron chi connectivity index (χ0n) is 15.4. The van der Waals surface area contributed by atoms with Gasteiger partial charge in [-0.1, -0.05) is 54.1 Å². The molecule has 0 saturated carbocycles. The summed E-state index contributed by atoms with van der Waals surface area (Å²) in [5.41, 5.74) is 3.23. The fourth-order valence-electron chi connectivity index (χ4n) is 3.77.